The van der Waals surface area contributed by atoms with E-state index >= 15 is 0 Å². The van der Waals surface area contributed by atoms with Gasteiger partial charge in [0.15, 0.2) is 26.4 Å². The van der Waals surface area contributed by atoms with Gasteiger partial charge in [0.05, 0.1) is 36.0 Å². The second-order valence-electron chi connectivity index (χ2n) is 43.0. The van der Waals surface area contributed by atoms with Gasteiger partial charge in [-0.25, -0.2) is 19.2 Å². The van der Waals surface area contributed by atoms with Gasteiger partial charge in [-0.05, 0) is 344 Å². The summed E-state index contributed by atoms with van der Waals surface area (Å²) >= 11 is 0. The van der Waals surface area contributed by atoms with E-state index in [-0.39, 0.29) is 139 Å². The number of fused-ring (bicyclic) bond motifs is 10. The zero-order chi connectivity index (χ0) is 87.6. The quantitative estimate of drug-likeness (QED) is 0.0546. The van der Waals surface area contributed by atoms with E-state index in [4.69, 9.17) is 47.4 Å². The summed E-state index contributed by atoms with van der Waals surface area (Å²) in [4.78, 5) is 123. The van der Waals surface area contributed by atoms with Crippen LogP contribution in [0.3, 0.4) is 0 Å². The van der Waals surface area contributed by atoms with Crippen LogP contribution in [-0.2, 0) is 95.3 Å². The standard InChI is InChI=1S/C23H38O4.3C20H32O4.C18H28O4/c1-5-23(6-2,18-10-8-7-9-11-18)27-21(24)14-26-22(25)20-13-17-12-19(20)16(4)15(17)3;1-12-13(2)16-9-14(12)10-17(16)19(22)23-11-18(21)24-20(3,4)15-7-5-6-8-15;1-4-20(8-5-6-9-20)24-18(21)7-10-23-19(22)17-12-15-11-16(17)14(3)13(15)2;1-4-20(8-6-5-7-9-20)24-18(21)12-23-19(22)17-11-15-10-16(17)14(3)13(15)2;1-11-12(2)14-8-13(11)9-15(14)17(20)21-10-16(19)22-18(3)6-4-5-7-18/h15-20H,5-14H2,1-4H3;12-17H,5-11H2,1-4H3;2*13-17H,4-12H2,1-3H3;11-15H,4-10H2,1-3H3. The number of carbonyl (C=O) groups is 10. The lowest BCUT2D eigenvalue weighted by Gasteiger charge is -2.41. The highest BCUT2D eigenvalue weighted by Gasteiger charge is 2.57. The fraction of sp³-hybridized carbons (Fsp3) is 0.901. The predicted molar refractivity (Wildman–Crippen MR) is 460 cm³/mol. The predicted octanol–water partition coefficient (Wildman–Crippen LogP) is 20.7. The summed E-state index contributed by atoms with van der Waals surface area (Å²) < 4.78 is 55.3. The number of ether oxygens (including phenoxy) is 10. The first kappa shape index (κ1) is 96.3. The van der Waals surface area contributed by atoms with Crippen LogP contribution in [0.5, 0.6) is 0 Å². The minimum absolute atomic E-state index is 0.00827. The van der Waals surface area contributed by atoms with E-state index in [1.165, 1.54) is 44.9 Å². The highest BCUT2D eigenvalue weighted by atomic mass is 16.6. The minimum atomic E-state index is -0.462. The summed E-state index contributed by atoms with van der Waals surface area (Å²) in [6.07, 6.45) is 38.2. The van der Waals surface area contributed by atoms with E-state index in [1.54, 1.807) is 0 Å². The Labute approximate surface area is 727 Å². The largest absolute Gasteiger partial charge is 0.465 e. The van der Waals surface area contributed by atoms with E-state index < -0.39 is 17.5 Å². The molecule has 0 heterocycles. The van der Waals surface area contributed by atoms with Crippen LogP contribution in [0.25, 0.3) is 0 Å². The van der Waals surface area contributed by atoms with Crippen molar-refractivity contribution >= 4 is 59.7 Å². The lowest BCUT2D eigenvalue weighted by molar-refractivity contribution is -0.179. The summed E-state index contributed by atoms with van der Waals surface area (Å²) in [6.45, 7) is 36.2. The molecular weight excluding hydrogens is 1530 g/mol. The summed E-state index contributed by atoms with van der Waals surface area (Å²) in [5, 5.41) is 0. The number of hydrogen-bond donors (Lipinski definition) is 0. The van der Waals surface area contributed by atoms with E-state index in [1.807, 2.05) is 20.8 Å². The first-order valence-corrected chi connectivity index (χ1v) is 49.4. The Bertz CT molecular complexity index is 3460. The molecule has 0 amide bonds. The molecule has 15 aliphatic rings. The molecule has 15 aliphatic carbocycles. The molecule has 0 aromatic carbocycles. The summed E-state index contributed by atoms with van der Waals surface area (Å²) in [7, 11) is 0. The van der Waals surface area contributed by atoms with E-state index in [0.717, 1.165) is 192 Å². The zero-order valence-electron chi connectivity index (χ0n) is 78.0. The third-order valence-corrected chi connectivity index (χ3v) is 36.7. The fourth-order valence-electron chi connectivity index (χ4n) is 27.7. The van der Waals surface area contributed by atoms with Gasteiger partial charge in [0.25, 0.3) is 0 Å². The average Bonchev–Trinajstić information content (AvgIpc) is 1.64. The van der Waals surface area contributed by atoms with Crippen molar-refractivity contribution in [3.8, 4) is 0 Å². The van der Waals surface area contributed by atoms with Crippen LogP contribution in [-0.4, -0.2) is 121 Å². The number of rotatable bonds is 27. The Morgan fingerprint density at radius 1 is 0.306 bits per heavy atom. The highest BCUT2D eigenvalue weighted by Crippen LogP contribution is 2.60. The topological polar surface area (TPSA) is 263 Å². The van der Waals surface area contributed by atoms with Crippen molar-refractivity contribution in [1.82, 2.24) is 0 Å². The second-order valence-corrected chi connectivity index (χ2v) is 43.0. The van der Waals surface area contributed by atoms with Crippen LogP contribution < -0.4 is 0 Å². The van der Waals surface area contributed by atoms with Crippen molar-refractivity contribution in [1.29, 1.82) is 0 Å². The minimum Gasteiger partial charge on any atom is -0.465 e. The van der Waals surface area contributed by atoms with Gasteiger partial charge in [0, 0.05) is 0 Å². The van der Waals surface area contributed by atoms with Gasteiger partial charge >= 0.3 is 59.7 Å². The van der Waals surface area contributed by atoms with Gasteiger partial charge in [-0.3, -0.25) is 28.8 Å². The van der Waals surface area contributed by atoms with Gasteiger partial charge in [0.2, 0.25) is 0 Å². The molecule has 0 aliphatic heterocycles. The lowest BCUT2D eigenvalue weighted by Crippen LogP contribution is -2.43. The summed E-state index contributed by atoms with van der Waals surface area (Å²) in [5.74, 6) is 10.2. The lowest BCUT2D eigenvalue weighted by atomic mass is 9.74. The van der Waals surface area contributed by atoms with Crippen molar-refractivity contribution in [2.75, 3.05) is 33.0 Å². The Morgan fingerprint density at radius 2 is 0.587 bits per heavy atom. The van der Waals surface area contributed by atoms with Crippen LogP contribution in [0, 0.1) is 160 Å². The maximum atomic E-state index is 12.6. The first-order chi connectivity index (χ1) is 57.5. The average molecular weight is 1700 g/mol. The van der Waals surface area contributed by atoms with Crippen molar-refractivity contribution in [2.24, 2.45) is 160 Å². The van der Waals surface area contributed by atoms with Crippen LogP contribution >= 0.6 is 0 Å². The Balaban J connectivity index is 0.000000148. The molecule has 15 fully saturated rings. The Morgan fingerprint density at radius 3 is 0.917 bits per heavy atom. The third kappa shape index (κ3) is 22.8. The number of hydrogen-bond acceptors (Lipinski definition) is 20. The van der Waals surface area contributed by atoms with Crippen LogP contribution in [0.4, 0.5) is 0 Å². The van der Waals surface area contributed by atoms with Crippen molar-refractivity contribution in [3.63, 3.8) is 0 Å². The molecule has 10 bridgehead atoms. The van der Waals surface area contributed by atoms with E-state index in [2.05, 4.69) is 96.9 Å². The van der Waals surface area contributed by atoms with Crippen molar-refractivity contribution in [3.05, 3.63) is 0 Å². The van der Waals surface area contributed by atoms with Gasteiger partial charge in [0.1, 0.15) is 34.6 Å². The molecule has 0 aromatic heterocycles. The van der Waals surface area contributed by atoms with E-state index in [0.29, 0.717) is 124 Å². The van der Waals surface area contributed by atoms with Crippen molar-refractivity contribution in [2.45, 2.75) is 383 Å². The van der Waals surface area contributed by atoms with Gasteiger partial charge in [-0.15, -0.1) is 0 Å². The fourth-order valence-corrected chi connectivity index (χ4v) is 27.7. The van der Waals surface area contributed by atoms with Crippen molar-refractivity contribution < 1.29 is 95.3 Å². The molecule has 25 unspecified atom stereocenters. The number of esters is 10. The molecule has 0 saturated heterocycles. The Kier molecular flexibility index (Phi) is 33.5. The SMILES string of the molecule is CC1C2CC(C(=O)OCC(=O)OC(C)(C)C3CCCC3)C(C2)C1C.CC1C2CC(C(=O)OCC(=O)OC3(C)CCCC3)C(C2)C1C.CCC(CC)(OC(=O)COC(=O)C1CC2CC1C(C)C2C)C1CCCCC1.CCC1(OC(=O)CCOC(=O)C2CC3CC2C(C)C3C)CCCC1.CCC1(OC(=O)COC(=O)C2CC3CC2C(C)C3C)CCCCC1. The summed E-state index contributed by atoms with van der Waals surface area (Å²) in [6, 6.07) is 0. The molecule has 0 spiro atoms. The molecule has 121 heavy (non-hydrogen) atoms. The number of carbonyl (C=O) groups excluding carboxylic acids is 10. The summed E-state index contributed by atoms with van der Waals surface area (Å²) in [5.41, 5.74) is -1.77. The van der Waals surface area contributed by atoms with Gasteiger partial charge in [-0.1, -0.05) is 135 Å². The smallest absolute Gasteiger partial charge is 0.344 e. The first-order valence-electron chi connectivity index (χ1n) is 49.4. The van der Waals surface area contributed by atoms with E-state index in [9.17, 15) is 47.9 Å². The third-order valence-electron chi connectivity index (χ3n) is 36.7. The van der Waals surface area contributed by atoms with Gasteiger partial charge in [-0.2, -0.15) is 0 Å². The molecule has 686 valence electrons. The molecule has 15 saturated carbocycles. The molecule has 0 radical (unpaired) electrons. The molecular formula is C101H162O20. The molecule has 15 rings (SSSR count). The monoisotopic (exact) mass is 1700 g/mol. The molecule has 20 heteroatoms. The van der Waals surface area contributed by atoms with Crippen LogP contribution in [0.1, 0.15) is 355 Å². The maximum Gasteiger partial charge on any atom is 0.344 e. The normalized spacial score (nSPS) is 36.5. The second kappa shape index (κ2) is 42.1. The van der Waals surface area contributed by atoms with Crippen LogP contribution in [0.2, 0.25) is 0 Å². The molecule has 0 aromatic rings. The maximum absolute atomic E-state index is 12.6. The van der Waals surface area contributed by atoms with Crippen LogP contribution in [0.15, 0.2) is 0 Å². The van der Waals surface area contributed by atoms with Gasteiger partial charge < -0.3 is 47.4 Å². The Hall–Kier alpha value is -5.30. The zero-order valence-corrected chi connectivity index (χ0v) is 78.0. The highest BCUT2D eigenvalue weighted by molar-refractivity contribution is 5.81. The molecule has 20 nitrogen and oxygen atoms in total. The molecule has 25 atom stereocenters. The molecule has 0 N–H and O–H groups in total.